The standard InChI is InChI=1S/C11H20N2O2/c1-8-5-13(6-10(8)7-14)11(15)9-2-3-12-4-9/h8-10,12,14H,2-7H2,1H3/t8-,9+,10+/m1/s1. The Kier molecular flexibility index (Phi) is 3.26. The first kappa shape index (κ1) is 10.9. The van der Waals surface area contributed by atoms with Gasteiger partial charge in [0.2, 0.25) is 5.91 Å². The summed E-state index contributed by atoms with van der Waals surface area (Å²) in [7, 11) is 0. The van der Waals surface area contributed by atoms with Crippen LogP contribution in [-0.4, -0.2) is 48.7 Å². The summed E-state index contributed by atoms with van der Waals surface area (Å²) in [4.78, 5) is 14.0. The Balaban J connectivity index is 1.91. The Morgan fingerprint density at radius 1 is 1.53 bits per heavy atom. The van der Waals surface area contributed by atoms with E-state index in [9.17, 15) is 4.79 Å². The van der Waals surface area contributed by atoms with Crippen molar-refractivity contribution in [3.05, 3.63) is 0 Å². The summed E-state index contributed by atoms with van der Waals surface area (Å²) in [6.07, 6.45) is 0.966. The third-order valence-electron chi connectivity index (χ3n) is 3.72. The maximum absolute atomic E-state index is 12.1. The van der Waals surface area contributed by atoms with E-state index in [1.54, 1.807) is 0 Å². The van der Waals surface area contributed by atoms with Gasteiger partial charge in [0.25, 0.3) is 0 Å². The number of carbonyl (C=O) groups is 1. The van der Waals surface area contributed by atoms with Crippen molar-refractivity contribution < 1.29 is 9.90 Å². The van der Waals surface area contributed by atoms with Gasteiger partial charge in [-0.2, -0.15) is 0 Å². The average Bonchev–Trinajstić information content (AvgIpc) is 2.85. The number of hydrogen-bond donors (Lipinski definition) is 2. The lowest BCUT2D eigenvalue weighted by Gasteiger charge is -2.19. The van der Waals surface area contributed by atoms with Crippen molar-refractivity contribution in [3.8, 4) is 0 Å². The van der Waals surface area contributed by atoms with Gasteiger partial charge < -0.3 is 15.3 Å². The van der Waals surface area contributed by atoms with E-state index in [1.165, 1.54) is 0 Å². The summed E-state index contributed by atoms with van der Waals surface area (Å²) in [5.41, 5.74) is 0. The van der Waals surface area contributed by atoms with Crippen molar-refractivity contribution in [2.75, 3.05) is 32.8 Å². The van der Waals surface area contributed by atoms with Crippen molar-refractivity contribution >= 4 is 5.91 Å². The van der Waals surface area contributed by atoms with Gasteiger partial charge in [-0.1, -0.05) is 6.92 Å². The number of carbonyl (C=O) groups excluding carboxylic acids is 1. The molecule has 0 spiro atoms. The van der Waals surface area contributed by atoms with Gasteiger partial charge in [-0.05, 0) is 18.9 Å². The van der Waals surface area contributed by atoms with Crippen molar-refractivity contribution in [2.24, 2.45) is 17.8 Å². The first-order valence-electron chi connectivity index (χ1n) is 5.82. The summed E-state index contributed by atoms with van der Waals surface area (Å²) in [6, 6.07) is 0. The van der Waals surface area contributed by atoms with Crippen LogP contribution in [0.25, 0.3) is 0 Å². The normalized spacial score (nSPS) is 36.1. The van der Waals surface area contributed by atoms with Gasteiger partial charge in [-0.25, -0.2) is 0 Å². The Morgan fingerprint density at radius 2 is 2.33 bits per heavy atom. The number of likely N-dealkylation sites (tertiary alicyclic amines) is 1. The topological polar surface area (TPSA) is 52.6 Å². The lowest BCUT2D eigenvalue weighted by Crippen LogP contribution is -2.35. The molecule has 2 heterocycles. The van der Waals surface area contributed by atoms with E-state index in [4.69, 9.17) is 5.11 Å². The van der Waals surface area contributed by atoms with Crippen LogP contribution in [0.5, 0.6) is 0 Å². The summed E-state index contributed by atoms with van der Waals surface area (Å²) in [5, 5.41) is 12.4. The molecule has 2 aliphatic rings. The molecule has 2 N–H and O–H groups in total. The molecule has 1 amide bonds. The number of nitrogens with zero attached hydrogens (tertiary/aromatic N) is 1. The highest BCUT2D eigenvalue weighted by atomic mass is 16.3. The lowest BCUT2D eigenvalue weighted by molar-refractivity contribution is -0.134. The van der Waals surface area contributed by atoms with Crippen LogP contribution in [0.15, 0.2) is 0 Å². The minimum atomic E-state index is 0.176. The van der Waals surface area contributed by atoms with E-state index < -0.39 is 0 Å². The molecule has 2 saturated heterocycles. The van der Waals surface area contributed by atoms with Crippen LogP contribution in [0, 0.1) is 17.8 Å². The van der Waals surface area contributed by atoms with Gasteiger partial charge in [0, 0.05) is 32.2 Å². The van der Waals surface area contributed by atoms with Gasteiger partial charge >= 0.3 is 0 Å². The highest BCUT2D eigenvalue weighted by Crippen LogP contribution is 2.24. The predicted molar refractivity (Wildman–Crippen MR) is 57.3 cm³/mol. The second kappa shape index (κ2) is 4.49. The molecule has 0 aliphatic carbocycles. The summed E-state index contributed by atoms with van der Waals surface area (Å²) in [5.74, 6) is 1.18. The zero-order valence-electron chi connectivity index (χ0n) is 9.28. The molecule has 2 fully saturated rings. The maximum atomic E-state index is 12.1. The third kappa shape index (κ3) is 2.16. The minimum absolute atomic E-state index is 0.176. The second-order valence-electron chi connectivity index (χ2n) is 4.85. The van der Waals surface area contributed by atoms with Gasteiger partial charge in [-0.3, -0.25) is 4.79 Å². The SMILES string of the molecule is C[C@@H]1CN(C(=O)[C@H]2CCNC2)C[C@H]1CO. The molecule has 0 bridgehead atoms. The Bertz CT molecular complexity index is 239. The van der Waals surface area contributed by atoms with E-state index in [1.807, 2.05) is 4.90 Å². The molecule has 86 valence electrons. The van der Waals surface area contributed by atoms with Gasteiger partial charge in [0.15, 0.2) is 0 Å². The van der Waals surface area contributed by atoms with Crippen LogP contribution in [0.3, 0.4) is 0 Å². The third-order valence-corrected chi connectivity index (χ3v) is 3.72. The number of nitrogens with one attached hydrogen (secondary N) is 1. The molecule has 0 aromatic heterocycles. The average molecular weight is 212 g/mol. The second-order valence-corrected chi connectivity index (χ2v) is 4.85. The highest BCUT2D eigenvalue weighted by molar-refractivity contribution is 5.79. The molecule has 2 aliphatic heterocycles. The van der Waals surface area contributed by atoms with Crippen LogP contribution in [0.2, 0.25) is 0 Å². The Morgan fingerprint density at radius 3 is 2.87 bits per heavy atom. The fourth-order valence-electron chi connectivity index (χ4n) is 2.58. The van der Waals surface area contributed by atoms with E-state index in [2.05, 4.69) is 12.2 Å². The van der Waals surface area contributed by atoms with E-state index in [-0.39, 0.29) is 24.3 Å². The fourth-order valence-corrected chi connectivity index (χ4v) is 2.58. The number of aliphatic hydroxyl groups is 1. The van der Waals surface area contributed by atoms with Crippen molar-refractivity contribution in [1.82, 2.24) is 10.2 Å². The minimum Gasteiger partial charge on any atom is -0.396 e. The summed E-state index contributed by atoms with van der Waals surface area (Å²) < 4.78 is 0. The largest absolute Gasteiger partial charge is 0.396 e. The van der Waals surface area contributed by atoms with Crippen LogP contribution in [-0.2, 0) is 4.79 Å². The quantitative estimate of drug-likeness (QED) is 0.660. The summed E-state index contributed by atoms with van der Waals surface area (Å²) in [6.45, 7) is 5.67. The van der Waals surface area contributed by atoms with Crippen LogP contribution < -0.4 is 5.32 Å². The maximum Gasteiger partial charge on any atom is 0.227 e. The van der Waals surface area contributed by atoms with Crippen molar-refractivity contribution in [3.63, 3.8) is 0 Å². The molecule has 0 unspecified atom stereocenters. The monoisotopic (exact) mass is 212 g/mol. The van der Waals surface area contributed by atoms with Crippen LogP contribution >= 0.6 is 0 Å². The summed E-state index contributed by atoms with van der Waals surface area (Å²) >= 11 is 0. The molecular weight excluding hydrogens is 192 g/mol. The molecule has 0 saturated carbocycles. The number of hydrogen-bond acceptors (Lipinski definition) is 3. The molecule has 15 heavy (non-hydrogen) atoms. The molecule has 0 aromatic rings. The Hall–Kier alpha value is -0.610. The number of amides is 1. The molecule has 0 radical (unpaired) electrons. The smallest absolute Gasteiger partial charge is 0.227 e. The molecule has 4 nitrogen and oxygen atoms in total. The highest BCUT2D eigenvalue weighted by Gasteiger charge is 2.35. The van der Waals surface area contributed by atoms with Gasteiger partial charge in [0.05, 0.1) is 5.92 Å². The lowest BCUT2D eigenvalue weighted by atomic mass is 10.00. The van der Waals surface area contributed by atoms with E-state index >= 15 is 0 Å². The van der Waals surface area contributed by atoms with Gasteiger partial charge in [-0.15, -0.1) is 0 Å². The van der Waals surface area contributed by atoms with Crippen molar-refractivity contribution in [2.45, 2.75) is 13.3 Å². The van der Waals surface area contributed by atoms with E-state index in [0.717, 1.165) is 32.6 Å². The fraction of sp³-hybridized carbons (Fsp3) is 0.909. The first-order chi connectivity index (χ1) is 7.22. The zero-order valence-corrected chi connectivity index (χ0v) is 9.28. The molecular formula is C11H20N2O2. The molecule has 0 aromatic carbocycles. The van der Waals surface area contributed by atoms with Crippen molar-refractivity contribution in [1.29, 1.82) is 0 Å². The Labute approximate surface area is 90.6 Å². The van der Waals surface area contributed by atoms with Gasteiger partial charge in [0.1, 0.15) is 0 Å². The first-order valence-corrected chi connectivity index (χ1v) is 5.82. The molecule has 4 heteroatoms. The van der Waals surface area contributed by atoms with E-state index in [0.29, 0.717) is 5.92 Å². The molecule has 3 atom stereocenters. The molecule has 2 rings (SSSR count). The zero-order chi connectivity index (χ0) is 10.8. The number of aliphatic hydroxyl groups excluding tert-OH is 1. The van der Waals surface area contributed by atoms with Crippen LogP contribution in [0.4, 0.5) is 0 Å². The number of rotatable bonds is 2. The van der Waals surface area contributed by atoms with Crippen LogP contribution in [0.1, 0.15) is 13.3 Å². The predicted octanol–water partition coefficient (Wildman–Crippen LogP) is -0.317.